The number of alkyl halides is 1. The molecule has 9 nitrogen and oxygen atoms in total. The van der Waals surface area contributed by atoms with Crippen LogP contribution in [0.15, 0.2) is 42.3 Å². The molecule has 1 aliphatic heterocycles. The number of hydrogen-bond donors (Lipinski definition) is 4. The number of carbonyl (C=O) groups is 2. The molecule has 160 valence electrons. The first-order chi connectivity index (χ1) is 14.2. The summed E-state index contributed by atoms with van der Waals surface area (Å²) in [7, 11) is 0. The fraction of sp³-hybridized carbons (Fsp3) is 0.400. The lowest BCUT2D eigenvalue weighted by Gasteiger charge is -2.39. The Bertz CT molecular complexity index is 920. The SMILES string of the molecule is C[C@H](NC(=O)C1(N)CCN(c2ncnc(N)c2C(N)=O)CC1)C1=CC=CC(Cl)C=C1. The smallest absolute Gasteiger partial charge is 0.256 e. The summed E-state index contributed by atoms with van der Waals surface area (Å²) in [5.41, 5.74) is 17.6. The number of nitrogen functional groups attached to an aromatic ring is 1. The summed E-state index contributed by atoms with van der Waals surface area (Å²) in [4.78, 5) is 34.5. The summed E-state index contributed by atoms with van der Waals surface area (Å²) in [6.07, 6.45) is 11.5. The number of halogens is 1. The van der Waals surface area contributed by atoms with Crippen LogP contribution in [0.1, 0.15) is 30.1 Å². The van der Waals surface area contributed by atoms with Crippen molar-refractivity contribution in [3.05, 3.63) is 47.8 Å². The van der Waals surface area contributed by atoms with Crippen molar-refractivity contribution in [2.75, 3.05) is 23.7 Å². The predicted octanol–water partition coefficient (Wildman–Crippen LogP) is 0.620. The van der Waals surface area contributed by atoms with Gasteiger partial charge in [-0.15, -0.1) is 11.6 Å². The van der Waals surface area contributed by atoms with Crippen molar-refractivity contribution in [1.82, 2.24) is 15.3 Å². The molecule has 2 aliphatic rings. The second kappa shape index (κ2) is 8.85. The molecule has 30 heavy (non-hydrogen) atoms. The lowest BCUT2D eigenvalue weighted by Crippen LogP contribution is -2.61. The zero-order valence-electron chi connectivity index (χ0n) is 16.7. The minimum Gasteiger partial charge on any atom is -0.383 e. The molecule has 1 saturated heterocycles. The molecule has 0 saturated carbocycles. The second-order valence-electron chi connectivity index (χ2n) is 7.52. The minimum absolute atomic E-state index is 0.0293. The van der Waals surface area contributed by atoms with E-state index in [0.29, 0.717) is 31.7 Å². The number of rotatable bonds is 5. The first kappa shape index (κ1) is 21.8. The van der Waals surface area contributed by atoms with E-state index in [1.807, 2.05) is 42.2 Å². The molecule has 0 radical (unpaired) electrons. The van der Waals surface area contributed by atoms with Crippen LogP contribution < -0.4 is 27.4 Å². The third-order valence-corrected chi connectivity index (χ3v) is 5.71. The molecule has 2 heterocycles. The van der Waals surface area contributed by atoms with Crippen LogP contribution in [0, 0.1) is 0 Å². The Morgan fingerprint density at radius 2 is 2.00 bits per heavy atom. The molecule has 0 aromatic carbocycles. The number of nitrogens with one attached hydrogen (secondary N) is 1. The standard InChI is InChI=1S/C20H26ClN7O2/c1-12(13-3-2-4-14(21)6-5-13)27-19(30)20(24)7-9-28(10-8-20)18-15(17(23)29)16(22)25-11-26-18/h2-6,11-12,14H,7-10,24H2,1H3,(H2,23,29)(H,27,30)(H2,22,25,26)/t12-,14?/m0/s1. The third-order valence-electron chi connectivity index (χ3n) is 5.41. The number of allylic oxidation sites excluding steroid dienone is 4. The van der Waals surface area contributed by atoms with E-state index in [-0.39, 0.29) is 28.7 Å². The van der Waals surface area contributed by atoms with Crippen LogP contribution in [0.2, 0.25) is 0 Å². The summed E-state index contributed by atoms with van der Waals surface area (Å²) >= 11 is 6.08. The van der Waals surface area contributed by atoms with Gasteiger partial charge in [0.1, 0.15) is 23.5 Å². The van der Waals surface area contributed by atoms with Gasteiger partial charge in [-0.2, -0.15) is 0 Å². The number of carbonyl (C=O) groups excluding carboxylic acids is 2. The molecule has 1 aromatic heterocycles. The van der Waals surface area contributed by atoms with Crippen LogP contribution in [-0.4, -0.2) is 51.8 Å². The number of anilines is 2. The van der Waals surface area contributed by atoms with E-state index in [9.17, 15) is 9.59 Å². The molecule has 0 spiro atoms. The van der Waals surface area contributed by atoms with Gasteiger partial charge in [-0.3, -0.25) is 9.59 Å². The minimum atomic E-state index is -1.03. The van der Waals surface area contributed by atoms with E-state index in [0.717, 1.165) is 5.57 Å². The van der Waals surface area contributed by atoms with Gasteiger partial charge in [-0.25, -0.2) is 9.97 Å². The number of piperidine rings is 1. The number of aromatic nitrogens is 2. The van der Waals surface area contributed by atoms with Crippen molar-refractivity contribution >= 4 is 35.1 Å². The zero-order chi connectivity index (χ0) is 21.9. The molecule has 3 rings (SSSR count). The molecule has 10 heteroatoms. The predicted molar refractivity (Wildman–Crippen MR) is 117 cm³/mol. The van der Waals surface area contributed by atoms with Crippen molar-refractivity contribution < 1.29 is 9.59 Å². The highest BCUT2D eigenvalue weighted by Crippen LogP contribution is 2.28. The third kappa shape index (κ3) is 4.63. The number of hydrogen-bond acceptors (Lipinski definition) is 7. The van der Waals surface area contributed by atoms with Crippen LogP contribution >= 0.6 is 11.6 Å². The largest absolute Gasteiger partial charge is 0.383 e. The maximum Gasteiger partial charge on any atom is 0.256 e. The first-order valence-corrected chi connectivity index (χ1v) is 10.1. The molecule has 7 N–H and O–H groups in total. The number of nitrogens with two attached hydrogens (primary N) is 3. The van der Waals surface area contributed by atoms with Crippen molar-refractivity contribution in [2.24, 2.45) is 11.5 Å². The molecular weight excluding hydrogens is 406 g/mol. The van der Waals surface area contributed by atoms with Gasteiger partial charge in [-0.05, 0) is 25.3 Å². The average Bonchev–Trinajstić information content (AvgIpc) is 2.92. The lowest BCUT2D eigenvalue weighted by atomic mass is 9.87. The van der Waals surface area contributed by atoms with Crippen LogP contribution in [-0.2, 0) is 4.79 Å². The molecule has 0 bridgehead atoms. The molecular formula is C20H26ClN7O2. The van der Waals surface area contributed by atoms with E-state index >= 15 is 0 Å². The lowest BCUT2D eigenvalue weighted by molar-refractivity contribution is -0.127. The Morgan fingerprint density at radius 3 is 2.67 bits per heavy atom. The van der Waals surface area contributed by atoms with Crippen molar-refractivity contribution in [2.45, 2.75) is 36.7 Å². The van der Waals surface area contributed by atoms with Gasteiger partial charge in [0.05, 0.1) is 17.0 Å². The Labute approximate surface area is 180 Å². The van der Waals surface area contributed by atoms with Gasteiger partial charge in [0, 0.05) is 13.1 Å². The Morgan fingerprint density at radius 1 is 1.30 bits per heavy atom. The number of nitrogens with zero attached hydrogens (tertiary/aromatic N) is 3. The fourth-order valence-electron chi connectivity index (χ4n) is 3.52. The van der Waals surface area contributed by atoms with E-state index in [4.69, 9.17) is 28.8 Å². The summed E-state index contributed by atoms with van der Waals surface area (Å²) in [6.45, 7) is 2.75. The monoisotopic (exact) mass is 431 g/mol. The second-order valence-corrected chi connectivity index (χ2v) is 8.02. The van der Waals surface area contributed by atoms with Crippen LogP contribution in [0.3, 0.4) is 0 Å². The van der Waals surface area contributed by atoms with Gasteiger partial charge in [0.2, 0.25) is 5.91 Å². The Hall–Kier alpha value is -2.91. The maximum absolute atomic E-state index is 12.9. The zero-order valence-corrected chi connectivity index (χ0v) is 17.5. The Balaban J connectivity index is 1.66. The average molecular weight is 432 g/mol. The van der Waals surface area contributed by atoms with Crippen molar-refractivity contribution in [3.8, 4) is 0 Å². The molecule has 2 atom stereocenters. The van der Waals surface area contributed by atoms with Gasteiger partial charge in [-0.1, -0.05) is 30.4 Å². The van der Waals surface area contributed by atoms with E-state index in [1.165, 1.54) is 6.33 Å². The van der Waals surface area contributed by atoms with Gasteiger partial charge < -0.3 is 27.4 Å². The van der Waals surface area contributed by atoms with E-state index in [2.05, 4.69) is 15.3 Å². The van der Waals surface area contributed by atoms with Crippen LogP contribution in [0.25, 0.3) is 0 Å². The normalized spacial score (nSPS) is 21.5. The number of primary amides is 1. The van der Waals surface area contributed by atoms with Gasteiger partial charge in [0.15, 0.2) is 0 Å². The number of amides is 2. The highest BCUT2D eigenvalue weighted by atomic mass is 35.5. The van der Waals surface area contributed by atoms with Crippen LogP contribution in [0.4, 0.5) is 11.6 Å². The summed E-state index contributed by atoms with van der Waals surface area (Å²) in [6, 6.07) is -0.220. The summed E-state index contributed by atoms with van der Waals surface area (Å²) in [5, 5.41) is 2.82. The van der Waals surface area contributed by atoms with Crippen LogP contribution in [0.5, 0.6) is 0 Å². The maximum atomic E-state index is 12.9. The van der Waals surface area contributed by atoms with Gasteiger partial charge in [0.25, 0.3) is 5.91 Å². The molecule has 1 fully saturated rings. The Kier molecular flexibility index (Phi) is 6.42. The summed E-state index contributed by atoms with van der Waals surface area (Å²) in [5.74, 6) is -0.530. The highest BCUT2D eigenvalue weighted by Gasteiger charge is 2.39. The topological polar surface area (TPSA) is 153 Å². The first-order valence-electron chi connectivity index (χ1n) is 9.67. The van der Waals surface area contributed by atoms with Crippen molar-refractivity contribution in [1.29, 1.82) is 0 Å². The molecule has 1 aromatic rings. The van der Waals surface area contributed by atoms with Gasteiger partial charge >= 0.3 is 0 Å². The quantitative estimate of drug-likeness (QED) is 0.498. The molecule has 1 unspecified atom stereocenters. The van der Waals surface area contributed by atoms with E-state index < -0.39 is 11.4 Å². The summed E-state index contributed by atoms with van der Waals surface area (Å²) < 4.78 is 0. The molecule has 1 aliphatic carbocycles. The van der Waals surface area contributed by atoms with E-state index in [1.54, 1.807) is 0 Å². The fourth-order valence-corrected chi connectivity index (χ4v) is 3.67. The van der Waals surface area contributed by atoms with Crippen molar-refractivity contribution in [3.63, 3.8) is 0 Å². The highest BCUT2D eigenvalue weighted by molar-refractivity contribution is 6.23. The molecule has 2 amide bonds.